The summed E-state index contributed by atoms with van der Waals surface area (Å²) < 4.78 is 14.7. The number of oxazole rings is 1. The van der Waals surface area contributed by atoms with Gasteiger partial charge >= 0.3 is 5.89 Å². The van der Waals surface area contributed by atoms with Gasteiger partial charge in [-0.3, -0.25) is 0 Å². The number of aromatic nitrogens is 1. The zero-order valence-corrected chi connectivity index (χ0v) is 13.0. The Morgan fingerprint density at radius 1 is 1.44 bits per heavy atom. The van der Waals surface area contributed by atoms with Crippen LogP contribution in [0, 0.1) is 3.57 Å². The number of fused-ring (bicyclic) bond motifs is 1. The number of allylic oxidation sites excluding steroid dienone is 1. The van der Waals surface area contributed by atoms with Gasteiger partial charge in [-0.1, -0.05) is 0 Å². The predicted molar refractivity (Wildman–Crippen MR) is 80.1 cm³/mol. The van der Waals surface area contributed by atoms with Crippen LogP contribution in [-0.2, 0) is 11.3 Å². The summed E-state index contributed by atoms with van der Waals surface area (Å²) in [5, 5.41) is 0. The lowest BCUT2D eigenvalue weighted by Gasteiger charge is -1.99. The highest BCUT2D eigenvalue weighted by Gasteiger charge is 2.19. The molecule has 0 spiro atoms. The number of rotatable bonds is 4. The van der Waals surface area contributed by atoms with Crippen LogP contribution in [0.3, 0.4) is 0 Å². The molecule has 2 rings (SSSR count). The van der Waals surface area contributed by atoms with Crippen LogP contribution >= 0.6 is 22.6 Å². The molecule has 3 nitrogen and oxygen atoms in total. The fourth-order valence-corrected chi connectivity index (χ4v) is 2.43. The molecule has 1 heterocycles. The maximum absolute atomic E-state index is 5.87. The first-order valence-corrected chi connectivity index (χ1v) is 7.16. The molecule has 0 radical (unpaired) electrons. The third-order valence-corrected chi connectivity index (χ3v) is 3.38. The Morgan fingerprint density at radius 2 is 2.22 bits per heavy atom. The fraction of sp³-hybridized carbons (Fsp3) is 0.357. The molecule has 1 aromatic carbocycles. The molecule has 0 bridgehead atoms. The van der Waals surface area contributed by atoms with Gasteiger partial charge in [0.2, 0.25) is 5.58 Å². The highest BCUT2D eigenvalue weighted by atomic mass is 127. The van der Waals surface area contributed by atoms with Crippen molar-refractivity contribution in [2.45, 2.75) is 27.3 Å². The second kappa shape index (κ2) is 5.73. The molecular weight excluding hydrogens is 341 g/mol. The number of aryl methyl sites for hydroxylation is 1. The summed E-state index contributed by atoms with van der Waals surface area (Å²) >= 11 is 2.31. The average molecular weight is 358 g/mol. The summed E-state index contributed by atoms with van der Waals surface area (Å²) in [5.41, 5.74) is 2.03. The number of nitrogens with zero attached hydrogens (tertiary/aromatic N) is 1. The largest absolute Gasteiger partial charge is 0.498 e. The normalized spacial score (nSPS) is 12.1. The lowest BCUT2D eigenvalue weighted by molar-refractivity contribution is -0.674. The molecule has 0 aliphatic carbocycles. The lowest BCUT2D eigenvalue weighted by Crippen LogP contribution is -2.33. The minimum Gasteiger partial charge on any atom is -0.498 e. The molecule has 4 heteroatoms. The Labute approximate surface area is 121 Å². The first-order chi connectivity index (χ1) is 8.65. The molecule has 0 N–H and O–H groups in total. The van der Waals surface area contributed by atoms with Gasteiger partial charge in [-0.15, -0.1) is 0 Å². The summed E-state index contributed by atoms with van der Waals surface area (Å²) in [6, 6.07) is 6.20. The van der Waals surface area contributed by atoms with Crippen LogP contribution in [0.15, 0.2) is 28.4 Å². The van der Waals surface area contributed by atoms with Crippen molar-refractivity contribution in [1.29, 1.82) is 0 Å². The summed E-state index contributed by atoms with van der Waals surface area (Å²) in [6.45, 7) is 7.58. The lowest BCUT2D eigenvalue weighted by atomic mass is 10.3. The van der Waals surface area contributed by atoms with Gasteiger partial charge in [-0.2, -0.15) is 4.57 Å². The van der Waals surface area contributed by atoms with Crippen molar-refractivity contribution in [2.24, 2.45) is 0 Å². The first-order valence-electron chi connectivity index (χ1n) is 6.08. The third kappa shape index (κ3) is 2.68. The standard InChI is InChI=1S/C14H17INO2/c1-4-16-12-9-11(15)6-7-13(12)18-14(16)8-10(3)17-5-2/h6-9H,4-5H2,1-3H3/q+1. The van der Waals surface area contributed by atoms with Gasteiger partial charge < -0.3 is 9.15 Å². The Kier molecular flexibility index (Phi) is 4.27. The van der Waals surface area contributed by atoms with Crippen molar-refractivity contribution < 1.29 is 13.7 Å². The fourth-order valence-electron chi connectivity index (χ4n) is 1.95. The average Bonchev–Trinajstić information content (AvgIpc) is 2.65. The molecule has 0 atom stereocenters. The van der Waals surface area contributed by atoms with E-state index in [1.807, 2.05) is 26.0 Å². The van der Waals surface area contributed by atoms with Gasteiger partial charge in [0.25, 0.3) is 5.52 Å². The molecular formula is C14H17INO2+. The van der Waals surface area contributed by atoms with E-state index in [-0.39, 0.29) is 0 Å². The second-order valence-electron chi connectivity index (χ2n) is 3.98. The van der Waals surface area contributed by atoms with E-state index >= 15 is 0 Å². The molecule has 0 saturated heterocycles. The first kappa shape index (κ1) is 13.4. The van der Waals surface area contributed by atoms with Crippen molar-refractivity contribution in [1.82, 2.24) is 0 Å². The van der Waals surface area contributed by atoms with Crippen molar-refractivity contribution in [3.05, 3.63) is 33.4 Å². The number of halogens is 1. The molecule has 18 heavy (non-hydrogen) atoms. The van der Waals surface area contributed by atoms with E-state index in [9.17, 15) is 0 Å². The molecule has 0 saturated carbocycles. The number of benzene rings is 1. The zero-order chi connectivity index (χ0) is 13.1. The van der Waals surface area contributed by atoms with Crippen LogP contribution in [0.5, 0.6) is 0 Å². The van der Waals surface area contributed by atoms with Crippen LogP contribution in [0.25, 0.3) is 17.2 Å². The van der Waals surface area contributed by atoms with Crippen LogP contribution in [0.4, 0.5) is 0 Å². The van der Waals surface area contributed by atoms with E-state index < -0.39 is 0 Å². The van der Waals surface area contributed by atoms with Crippen LogP contribution in [0.1, 0.15) is 26.7 Å². The van der Waals surface area contributed by atoms with E-state index in [4.69, 9.17) is 9.15 Å². The molecule has 0 aliphatic heterocycles. The number of hydrogen-bond acceptors (Lipinski definition) is 2. The van der Waals surface area contributed by atoms with Crippen LogP contribution < -0.4 is 4.57 Å². The third-order valence-electron chi connectivity index (χ3n) is 2.71. The van der Waals surface area contributed by atoms with Gasteiger partial charge in [-0.25, -0.2) is 0 Å². The molecule has 2 aromatic rings. The van der Waals surface area contributed by atoms with Crippen molar-refractivity contribution in [3.8, 4) is 0 Å². The SMILES string of the molecule is CCOC(C)=Cc1oc2ccc(I)cc2[n+]1CC. The van der Waals surface area contributed by atoms with E-state index in [2.05, 4.69) is 46.2 Å². The highest BCUT2D eigenvalue weighted by molar-refractivity contribution is 14.1. The molecule has 0 aliphatic rings. The van der Waals surface area contributed by atoms with Crippen molar-refractivity contribution in [3.63, 3.8) is 0 Å². The summed E-state index contributed by atoms with van der Waals surface area (Å²) in [6.07, 6.45) is 1.94. The smallest absolute Gasteiger partial charge is 0.377 e. The zero-order valence-electron chi connectivity index (χ0n) is 10.9. The van der Waals surface area contributed by atoms with Crippen LogP contribution in [-0.4, -0.2) is 6.61 Å². The predicted octanol–water partition coefficient (Wildman–Crippen LogP) is 3.74. The minimum atomic E-state index is 0.673. The maximum atomic E-state index is 5.87. The molecule has 0 fully saturated rings. The minimum absolute atomic E-state index is 0.673. The summed E-state index contributed by atoms with van der Waals surface area (Å²) in [7, 11) is 0. The number of ether oxygens (including phenoxy) is 1. The molecule has 0 amide bonds. The Balaban J connectivity index is 2.54. The quantitative estimate of drug-likeness (QED) is 0.473. The molecule has 0 unspecified atom stereocenters. The Bertz CT molecular complexity index is 587. The van der Waals surface area contributed by atoms with Gasteiger partial charge in [0.15, 0.2) is 0 Å². The molecule has 1 aromatic heterocycles. The maximum Gasteiger partial charge on any atom is 0.377 e. The van der Waals surface area contributed by atoms with Crippen molar-refractivity contribution in [2.75, 3.05) is 6.61 Å². The highest BCUT2D eigenvalue weighted by Crippen LogP contribution is 2.18. The number of hydrogen-bond donors (Lipinski definition) is 0. The van der Waals surface area contributed by atoms with Gasteiger partial charge in [-0.05, 0) is 55.5 Å². The van der Waals surface area contributed by atoms with Crippen LogP contribution in [0.2, 0.25) is 0 Å². The monoisotopic (exact) mass is 358 g/mol. The summed E-state index contributed by atoms with van der Waals surface area (Å²) in [4.78, 5) is 0. The topological polar surface area (TPSA) is 26.2 Å². The molecule has 96 valence electrons. The van der Waals surface area contributed by atoms with E-state index in [0.29, 0.717) is 6.61 Å². The van der Waals surface area contributed by atoms with E-state index in [0.717, 1.165) is 29.3 Å². The van der Waals surface area contributed by atoms with Gasteiger partial charge in [0.05, 0.1) is 12.7 Å². The van der Waals surface area contributed by atoms with Gasteiger partial charge in [0, 0.05) is 9.64 Å². The Hall–Kier alpha value is -1.04. The van der Waals surface area contributed by atoms with Gasteiger partial charge in [0.1, 0.15) is 12.3 Å². The van der Waals surface area contributed by atoms with E-state index in [1.54, 1.807) is 0 Å². The summed E-state index contributed by atoms with van der Waals surface area (Å²) in [5.74, 6) is 1.70. The Morgan fingerprint density at radius 3 is 2.89 bits per heavy atom. The van der Waals surface area contributed by atoms with Crippen molar-refractivity contribution >= 4 is 39.8 Å². The van der Waals surface area contributed by atoms with E-state index in [1.165, 1.54) is 3.57 Å². The second-order valence-corrected chi connectivity index (χ2v) is 5.23.